The monoisotopic (exact) mass is 308 g/mol. The Morgan fingerprint density at radius 1 is 1.29 bits per heavy atom. The SMILES string of the molecule is CCNCc1cccc(S(=O)(=O)NCc2cn[nH]c2)c1C. The van der Waals surface area contributed by atoms with Crippen molar-refractivity contribution < 1.29 is 8.42 Å². The molecule has 1 aromatic carbocycles. The Morgan fingerprint density at radius 2 is 2.10 bits per heavy atom. The quantitative estimate of drug-likeness (QED) is 0.719. The molecule has 21 heavy (non-hydrogen) atoms. The maximum absolute atomic E-state index is 12.4. The molecule has 114 valence electrons. The molecule has 0 bridgehead atoms. The minimum atomic E-state index is -3.53. The number of benzene rings is 1. The van der Waals surface area contributed by atoms with Gasteiger partial charge in [0.15, 0.2) is 0 Å². The Kier molecular flexibility index (Phi) is 5.11. The lowest BCUT2D eigenvalue weighted by Crippen LogP contribution is -2.24. The Balaban J connectivity index is 2.19. The average molecular weight is 308 g/mol. The largest absolute Gasteiger partial charge is 0.313 e. The highest BCUT2D eigenvalue weighted by Crippen LogP contribution is 2.19. The van der Waals surface area contributed by atoms with E-state index in [2.05, 4.69) is 20.2 Å². The molecule has 6 nitrogen and oxygen atoms in total. The standard InChI is InChI=1S/C14H20N4O2S/c1-3-15-10-13-5-4-6-14(11(13)2)21(19,20)18-9-12-7-16-17-8-12/h4-8,15,18H,3,9-10H2,1-2H3,(H,16,17). The number of nitrogens with one attached hydrogen (secondary N) is 3. The van der Waals surface area contributed by atoms with E-state index >= 15 is 0 Å². The van der Waals surface area contributed by atoms with Crippen molar-refractivity contribution in [1.82, 2.24) is 20.2 Å². The molecule has 0 aliphatic rings. The van der Waals surface area contributed by atoms with Crippen LogP contribution < -0.4 is 10.0 Å². The molecule has 0 atom stereocenters. The Morgan fingerprint density at radius 3 is 2.76 bits per heavy atom. The highest BCUT2D eigenvalue weighted by Gasteiger charge is 2.18. The first-order chi connectivity index (χ1) is 10.0. The van der Waals surface area contributed by atoms with E-state index in [1.807, 2.05) is 19.9 Å². The fourth-order valence-electron chi connectivity index (χ4n) is 2.03. The third-order valence-corrected chi connectivity index (χ3v) is 4.82. The first-order valence-electron chi connectivity index (χ1n) is 6.81. The van der Waals surface area contributed by atoms with Crippen molar-refractivity contribution in [1.29, 1.82) is 0 Å². The van der Waals surface area contributed by atoms with Crippen LogP contribution in [-0.4, -0.2) is 25.2 Å². The molecule has 1 heterocycles. The van der Waals surface area contributed by atoms with Crippen molar-refractivity contribution in [2.75, 3.05) is 6.54 Å². The minimum Gasteiger partial charge on any atom is -0.313 e. The predicted octanol–water partition coefficient (Wildman–Crippen LogP) is 1.31. The fraction of sp³-hybridized carbons (Fsp3) is 0.357. The van der Waals surface area contributed by atoms with Crippen LogP contribution in [0.4, 0.5) is 0 Å². The molecule has 0 aliphatic heterocycles. The lowest BCUT2D eigenvalue weighted by molar-refractivity contribution is 0.580. The number of H-pyrrole nitrogens is 1. The first-order valence-corrected chi connectivity index (χ1v) is 8.29. The molecule has 0 saturated carbocycles. The van der Waals surface area contributed by atoms with Gasteiger partial charge in [0.1, 0.15) is 0 Å². The Labute approximate surface area is 125 Å². The van der Waals surface area contributed by atoms with Gasteiger partial charge in [-0.15, -0.1) is 0 Å². The number of nitrogens with zero attached hydrogens (tertiary/aromatic N) is 1. The summed E-state index contributed by atoms with van der Waals surface area (Å²) >= 11 is 0. The van der Waals surface area contributed by atoms with E-state index in [1.165, 1.54) is 0 Å². The van der Waals surface area contributed by atoms with Gasteiger partial charge in [0.25, 0.3) is 0 Å². The van der Waals surface area contributed by atoms with Gasteiger partial charge in [-0.3, -0.25) is 5.10 Å². The van der Waals surface area contributed by atoms with Gasteiger partial charge in [-0.1, -0.05) is 19.1 Å². The number of sulfonamides is 1. The van der Waals surface area contributed by atoms with Gasteiger partial charge in [0, 0.05) is 24.8 Å². The third kappa shape index (κ3) is 3.90. The molecule has 7 heteroatoms. The van der Waals surface area contributed by atoms with Crippen LogP contribution in [0.15, 0.2) is 35.5 Å². The minimum absolute atomic E-state index is 0.218. The lowest BCUT2D eigenvalue weighted by atomic mass is 10.1. The van der Waals surface area contributed by atoms with Crippen molar-refractivity contribution in [2.45, 2.75) is 31.8 Å². The summed E-state index contributed by atoms with van der Waals surface area (Å²) < 4.78 is 27.4. The van der Waals surface area contributed by atoms with E-state index in [1.54, 1.807) is 24.5 Å². The van der Waals surface area contributed by atoms with E-state index < -0.39 is 10.0 Å². The summed E-state index contributed by atoms with van der Waals surface area (Å²) in [6.07, 6.45) is 3.26. The number of hydrogen-bond acceptors (Lipinski definition) is 4. The Hall–Kier alpha value is -1.70. The van der Waals surface area contributed by atoms with E-state index in [4.69, 9.17) is 0 Å². The van der Waals surface area contributed by atoms with Crippen LogP contribution >= 0.6 is 0 Å². The van der Waals surface area contributed by atoms with Crippen LogP contribution in [0.5, 0.6) is 0 Å². The molecule has 2 aromatic rings. The molecule has 2 rings (SSSR count). The number of aromatic nitrogens is 2. The normalized spacial score (nSPS) is 11.7. The molecule has 0 spiro atoms. The summed E-state index contributed by atoms with van der Waals surface area (Å²) in [5, 5.41) is 9.66. The molecule has 0 saturated heterocycles. The highest BCUT2D eigenvalue weighted by molar-refractivity contribution is 7.89. The highest BCUT2D eigenvalue weighted by atomic mass is 32.2. The second-order valence-electron chi connectivity index (χ2n) is 4.75. The summed E-state index contributed by atoms with van der Waals surface area (Å²) in [4.78, 5) is 0.321. The van der Waals surface area contributed by atoms with Gasteiger partial charge < -0.3 is 5.32 Å². The molecule has 0 aliphatic carbocycles. The van der Waals surface area contributed by atoms with E-state index in [-0.39, 0.29) is 6.54 Å². The van der Waals surface area contributed by atoms with Crippen LogP contribution in [0.3, 0.4) is 0 Å². The van der Waals surface area contributed by atoms with Crippen molar-refractivity contribution in [3.63, 3.8) is 0 Å². The molecule has 3 N–H and O–H groups in total. The third-order valence-electron chi connectivity index (χ3n) is 3.27. The van der Waals surface area contributed by atoms with Crippen molar-refractivity contribution in [3.05, 3.63) is 47.3 Å². The lowest BCUT2D eigenvalue weighted by Gasteiger charge is -2.12. The predicted molar refractivity (Wildman–Crippen MR) is 81.2 cm³/mol. The maximum Gasteiger partial charge on any atom is 0.241 e. The van der Waals surface area contributed by atoms with Gasteiger partial charge in [0.05, 0.1) is 11.1 Å². The van der Waals surface area contributed by atoms with Crippen molar-refractivity contribution in [2.24, 2.45) is 0 Å². The zero-order valence-corrected chi connectivity index (χ0v) is 13.0. The van der Waals surface area contributed by atoms with Gasteiger partial charge in [-0.2, -0.15) is 5.10 Å². The molecule has 0 unspecified atom stereocenters. The molecule has 1 aromatic heterocycles. The van der Waals surface area contributed by atoms with Gasteiger partial charge >= 0.3 is 0 Å². The zero-order valence-electron chi connectivity index (χ0n) is 12.2. The van der Waals surface area contributed by atoms with E-state index in [0.717, 1.165) is 23.2 Å². The van der Waals surface area contributed by atoms with Crippen LogP contribution in [0.1, 0.15) is 23.6 Å². The summed E-state index contributed by atoms with van der Waals surface area (Å²) in [6.45, 7) is 5.57. The second-order valence-corrected chi connectivity index (χ2v) is 6.49. The number of hydrogen-bond donors (Lipinski definition) is 3. The van der Waals surface area contributed by atoms with Gasteiger partial charge in [0.2, 0.25) is 10.0 Å². The van der Waals surface area contributed by atoms with Crippen LogP contribution in [-0.2, 0) is 23.1 Å². The molecular weight excluding hydrogens is 288 g/mol. The zero-order chi connectivity index (χ0) is 15.3. The smallest absolute Gasteiger partial charge is 0.241 e. The Bertz CT molecular complexity index is 681. The molecule has 0 amide bonds. The van der Waals surface area contributed by atoms with Gasteiger partial charge in [-0.05, 0) is 30.7 Å². The van der Waals surface area contributed by atoms with Crippen LogP contribution in [0.2, 0.25) is 0 Å². The van der Waals surface area contributed by atoms with Crippen LogP contribution in [0, 0.1) is 6.92 Å². The van der Waals surface area contributed by atoms with Crippen LogP contribution in [0.25, 0.3) is 0 Å². The maximum atomic E-state index is 12.4. The van der Waals surface area contributed by atoms with Crippen molar-refractivity contribution >= 4 is 10.0 Å². The first kappa shape index (κ1) is 15.7. The molecular formula is C14H20N4O2S. The second kappa shape index (κ2) is 6.84. The summed E-state index contributed by atoms with van der Waals surface area (Å²) in [6, 6.07) is 5.33. The van der Waals surface area contributed by atoms with E-state index in [0.29, 0.717) is 11.4 Å². The average Bonchev–Trinajstić information content (AvgIpc) is 2.97. The summed E-state index contributed by atoms with van der Waals surface area (Å²) in [7, 11) is -3.53. The summed E-state index contributed by atoms with van der Waals surface area (Å²) in [5.74, 6) is 0. The molecule has 0 radical (unpaired) electrons. The fourth-order valence-corrected chi connectivity index (χ4v) is 3.34. The topological polar surface area (TPSA) is 86.9 Å². The van der Waals surface area contributed by atoms with Gasteiger partial charge in [-0.25, -0.2) is 13.1 Å². The number of rotatable bonds is 7. The molecule has 0 fully saturated rings. The summed E-state index contributed by atoms with van der Waals surface area (Å²) in [5.41, 5.74) is 2.56. The van der Waals surface area contributed by atoms with E-state index in [9.17, 15) is 8.42 Å². The van der Waals surface area contributed by atoms with Crippen molar-refractivity contribution in [3.8, 4) is 0 Å². The number of aromatic amines is 1.